The predicted molar refractivity (Wildman–Crippen MR) is 91.3 cm³/mol. The number of nitro benzene ring substituents is 1. The van der Waals surface area contributed by atoms with Crippen LogP contribution in [0.1, 0.15) is 24.1 Å². The van der Waals surface area contributed by atoms with Gasteiger partial charge in [0, 0.05) is 6.08 Å². The zero-order valence-corrected chi connectivity index (χ0v) is 13.5. The maximum Gasteiger partial charge on any atom is 0.280 e. The molecule has 0 fully saturated rings. The number of carbonyl (C=O) groups is 1. The van der Waals surface area contributed by atoms with E-state index in [-0.39, 0.29) is 30.0 Å². The molecule has 0 radical (unpaired) electrons. The Morgan fingerprint density at radius 3 is 2.60 bits per heavy atom. The highest BCUT2D eigenvalue weighted by atomic mass is 16.7. The standard InChI is InChI=1S/C18H16N2O5/c1-12(13-5-3-2-4-6-13)19-18(21)8-7-14-9-16-17(25-11-24-16)10-15(14)20(22)23/h2-10,12H,11H2,1H3,(H,19,21). The van der Waals surface area contributed by atoms with E-state index in [4.69, 9.17) is 9.47 Å². The number of hydrogen-bond donors (Lipinski definition) is 1. The summed E-state index contributed by atoms with van der Waals surface area (Å²) >= 11 is 0. The molecule has 0 bridgehead atoms. The van der Waals surface area contributed by atoms with Crippen molar-refractivity contribution in [3.05, 3.63) is 69.8 Å². The van der Waals surface area contributed by atoms with Crippen molar-refractivity contribution in [1.82, 2.24) is 5.32 Å². The summed E-state index contributed by atoms with van der Waals surface area (Å²) in [6, 6.07) is 12.1. The van der Waals surface area contributed by atoms with E-state index in [0.29, 0.717) is 11.5 Å². The van der Waals surface area contributed by atoms with Crippen LogP contribution in [0.4, 0.5) is 5.69 Å². The summed E-state index contributed by atoms with van der Waals surface area (Å²) in [5, 5.41) is 14.0. The molecule has 1 aliphatic rings. The van der Waals surface area contributed by atoms with Gasteiger partial charge in [-0.3, -0.25) is 14.9 Å². The first-order valence-corrected chi connectivity index (χ1v) is 7.66. The van der Waals surface area contributed by atoms with Gasteiger partial charge in [-0.05, 0) is 24.6 Å². The molecule has 0 aromatic heterocycles. The van der Waals surface area contributed by atoms with Crippen LogP contribution in [0.15, 0.2) is 48.5 Å². The van der Waals surface area contributed by atoms with Gasteiger partial charge < -0.3 is 14.8 Å². The molecular formula is C18H16N2O5. The van der Waals surface area contributed by atoms with Crippen molar-refractivity contribution in [1.29, 1.82) is 0 Å². The van der Waals surface area contributed by atoms with Crippen molar-refractivity contribution in [2.45, 2.75) is 13.0 Å². The quantitative estimate of drug-likeness (QED) is 0.513. The van der Waals surface area contributed by atoms with E-state index in [1.807, 2.05) is 37.3 Å². The number of carbonyl (C=O) groups excluding carboxylic acids is 1. The van der Waals surface area contributed by atoms with Crippen LogP contribution in [-0.2, 0) is 4.79 Å². The van der Waals surface area contributed by atoms with Crippen LogP contribution < -0.4 is 14.8 Å². The van der Waals surface area contributed by atoms with Crippen molar-refractivity contribution in [3.63, 3.8) is 0 Å². The summed E-state index contributed by atoms with van der Waals surface area (Å²) in [4.78, 5) is 22.8. The first kappa shape index (κ1) is 16.5. The maximum atomic E-state index is 12.1. The van der Waals surface area contributed by atoms with Crippen LogP contribution in [0, 0.1) is 10.1 Å². The van der Waals surface area contributed by atoms with Crippen LogP contribution >= 0.6 is 0 Å². The number of hydrogen-bond acceptors (Lipinski definition) is 5. The van der Waals surface area contributed by atoms with Crippen molar-refractivity contribution in [3.8, 4) is 11.5 Å². The van der Waals surface area contributed by atoms with E-state index in [9.17, 15) is 14.9 Å². The molecule has 1 aliphatic heterocycles. The number of ether oxygens (including phenoxy) is 2. The van der Waals surface area contributed by atoms with E-state index < -0.39 is 4.92 Å². The van der Waals surface area contributed by atoms with Gasteiger partial charge in [-0.1, -0.05) is 30.3 Å². The lowest BCUT2D eigenvalue weighted by Crippen LogP contribution is -2.24. The molecular weight excluding hydrogens is 324 g/mol. The Kier molecular flexibility index (Phi) is 4.65. The monoisotopic (exact) mass is 340 g/mol. The number of benzene rings is 2. The van der Waals surface area contributed by atoms with Crippen LogP contribution in [0.3, 0.4) is 0 Å². The molecule has 0 saturated carbocycles. The van der Waals surface area contributed by atoms with Gasteiger partial charge >= 0.3 is 0 Å². The van der Waals surface area contributed by atoms with E-state index in [1.165, 1.54) is 24.3 Å². The third-order valence-corrected chi connectivity index (χ3v) is 3.79. The summed E-state index contributed by atoms with van der Waals surface area (Å²) in [7, 11) is 0. The van der Waals surface area contributed by atoms with E-state index in [0.717, 1.165) is 5.56 Å². The highest BCUT2D eigenvalue weighted by molar-refractivity contribution is 5.92. The molecule has 2 aromatic carbocycles. The molecule has 7 nitrogen and oxygen atoms in total. The second-order valence-electron chi connectivity index (χ2n) is 5.50. The summed E-state index contributed by atoms with van der Waals surface area (Å²) in [5.74, 6) is 0.401. The van der Waals surface area contributed by atoms with Gasteiger partial charge in [0.25, 0.3) is 5.69 Å². The van der Waals surface area contributed by atoms with Gasteiger partial charge in [0.15, 0.2) is 11.5 Å². The SMILES string of the molecule is CC(NC(=O)C=Cc1cc2c(cc1[N+](=O)[O-])OCO2)c1ccccc1. The first-order chi connectivity index (χ1) is 12.0. The molecule has 3 rings (SSSR count). The molecule has 128 valence electrons. The molecule has 1 unspecified atom stereocenters. The zero-order chi connectivity index (χ0) is 17.8. The van der Waals surface area contributed by atoms with E-state index in [2.05, 4.69) is 5.32 Å². The third kappa shape index (κ3) is 3.77. The van der Waals surface area contributed by atoms with Gasteiger partial charge in [-0.25, -0.2) is 0 Å². The van der Waals surface area contributed by atoms with Crippen LogP contribution in [0.2, 0.25) is 0 Å². The minimum absolute atomic E-state index is 0.0226. The van der Waals surface area contributed by atoms with Crippen LogP contribution in [0.25, 0.3) is 6.08 Å². The summed E-state index contributed by atoms with van der Waals surface area (Å²) in [6.45, 7) is 1.89. The van der Waals surface area contributed by atoms with Gasteiger partial charge in [0.05, 0.1) is 22.6 Å². The number of fused-ring (bicyclic) bond motifs is 1. The third-order valence-electron chi connectivity index (χ3n) is 3.79. The minimum Gasteiger partial charge on any atom is -0.454 e. The van der Waals surface area contributed by atoms with Crippen molar-refractivity contribution in [2.75, 3.05) is 6.79 Å². The van der Waals surface area contributed by atoms with Crippen LogP contribution in [0.5, 0.6) is 11.5 Å². The maximum absolute atomic E-state index is 12.1. The van der Waals surface area contributed by atoms with Crippen molar-refractivity contribution >= 4 is 17.7 Å². The fourth-order valence-corrected chi connectivity index (χ4v) is 2.49. The second kappa shape index (κ2) is 7.04. The fraction of sp³-hybridized carbons (Fsp3) is 0.167. The van der Waals surface area contributed by atoms with Gasteiger partial charge in [-0.15, -0.1) is 0 Å². The Morgan fingerprint density at radius 1 is 1.24 bits per heavy atom. The first-order valence-electron chi connectivity index (χ1n) is 7.66. The Morgan fingerprint density at radius 2 is 1.92 bits per heavy atom. The highest BCUT2D eigenvalue weighted by Gasteiger charge is 2.22. The Bertz CT molecular complexity index is 833. The molecule has 7 heteroatoms. The Labute approximate surface area is 144 Å². The van der Waals surface area contributed by atoms with Crippen molar-refractivity contribution < 1.29 is 19.2 Å². The Balaban J connectivity index is 1.75. The molecule has 1 amide bonds. The number of nitrogens with one attached hydrogen (secondary N) is 1. The fourth-order valence-electron chi connectivity index (χ4n) is 2.49. The average Bonchev–Trinajstić information content (AvgIpc) is 3.07. The number of rotatable bonds is 5. The Hall–Kier alpha value is -3.35. The summed E-state index contributed by atoms with van der Waals surface area (Å²) in [6.07, 6.45) is 2.66. The molecule has 0 spiro atoms. The number of amides is 1. The highest BCUT2D eigenvalue weighted by Crippen LogP contribution is 2.38. The van der Waals surface area contributed by atoms with Gasteiger partial charge in [0.2, 0.25) is 12.7 Å². The van der Waals surface area contributed by atoms with Gasteiger partial charge in [0.1, 0.15) is 0 Å². The molecule has 25 heavy (non-hydrogen) atoms. The second-order valence-corrected chi connectivity index (χ2v) is 5.50. The lowest BCUT2D eigenvalue weighted by molar-refractivity contribution is -0.385. The van der Waals surface area contributed by atoms with Crippen LogP contribution in [-0.4, -0.2) is 17.6 Å². The molecule has 1 atom stereocenters. The summed E-state index contributed by atoms with van der Waals surface area (Å²) < 4.78 is 10.4. The number of nitrogens with zero attached hydrogens (tertiary/aromatic N) is 1. The molecule has 2 aromatic rings. The number of nitro groups is 1. The summed E-state index contributed by atoms with van der Waals surface area (Å²) in [5.41, 5.74) is 1.10. The smallest absolute Gasteiger partial charge is 0.280 e. The molecule has 1 N–H and O–H groups in total. The lowest BCUT2D eigenvalue weighted by atomic mass is 10.1. The lowest BCUT2D eigenvalue weighted by Gasteiger charge is -2.12. The topological polar surface area (TPSA) is 90.7 Å². The normalized spacial score (nSPS) is 13.6. The van der Waals surface area contributed by atoms with E-state index >= 15 is 0 Å². The molecule has 1 heterocycles. The minimum atomic E-state index is -0.522. The molecule has 0 saturated heterocycles. The molecule has 0 aliphatic carbocycles. The van der Waals surface area contributed by atoms with E-state index in [1.54, 1.807) is 0 Å². The predicted octanol–water partition coefficient (Wildman–Crippen LogP) is 3.21. The van der Waals surface area contributed by atoms with Gasteiger partial charge in [-0.2, -0.15) is 0 Å². The van der Waals surface area contributed by atoms with Crippen molar-refractivity contribution in [2.24, 2.45) is 0 Å². The largest absolute Gasteiger partial charge is 0.454 e. The zero-order valence-electron chi connectivity index (χ0n) is 13.5. The average molecular weight is 340 g/mol.